The number of amides is 1. The highest BCUT2D eigenvalue weighted by Crippen LogP contribution is 2.28. The van der Waals surface area contributed by atoms with E-state index in [0.717, 1.165) is 41.8 Å². The summed E-state index contributed by atoms with van der Waals surface area (Å²) < 4.78 is 0. The van der Waals surface area contributed by atoms with Gasteiger partial charge in [-0.2, -0.15) is 0 Å². The Bertz CT molecular complexity index is 924. The Morgan fingerprint density at radius 2 is 1.92 bits per heavy atom. The summed E-state index contributed by atoms with van der Waals surface area (Å²) in [4.78, 5) is 18.3. The van der Waals surface area contributed by atoms with Crippen LogP contribution in [0, 0.1) is 0 Å². The molecule has 0 radical (unpaired) electrons. The first-order valence-electron chi connectivity index (χ1n) is 8.33. The van der Waals surface area contributed by atoms with Crippen LogP contribution in [0.5, 0.6) is 0 Å². The van der Waals surface area contributed by atoms with Gasteiger partial charge in [0.2, 0.25) is 5.91 Å². The zero-order chi connectivity index (χ0) is 17.2. The number of benzene rings is 2. The van der Waals surface area contributed by atoms with Gasteiger partial charge in [0.05, 0.1) is 22.8 Å². The van der Waals surface area contributed by atoms with Crippen molar-refractivity contribution in [2.45, 2.75) is 6.54 Å². The van der Waals surface area contributed by atoms with E-state index in [-0.39, 0.29) is 5.91 Å². The number of pyridine rings is 1. The molecule has 1 fully saturated rings. The van der Waals surface area contributed by atoms with Gasteiger partial charge in [0.25, 0.3) is 0 Å². The average Bonchev–Trinajstić information content (AvgIpc) is 2.62. The van der Waals surface area contributed by atoms with E-state index in [1.54, 1.807) is 0 Å². The summed E-state index contributed by atoms with van der Waals surface area (Å²) >= 11 is 6.40. The van der Waals surface area contributed by atoms with Gasteiger partial charge >= 0.3 is 0 Å². The number of nitrogens with one attached hydrogen (secondary N) is 1. The number of rotatable bonds is 3. The second-order valence-corrected chi connectivity index (χ2v) is 6.67. The van der Waals surface area contributed by atoms with E-state index in [9.17, 15) is 4.79 Å². The number of hydrogen-bond donors (Lipinski definition) is 1. The van der Waals surface area contributed by atoms with Crippen LogP contribution in [-0.2, 0) is 11.3 Å². The number of nitrogens with zero attached hydrogens (tertiary/aromatic N) is 2. The molecule has 0 aliphatic carbocycles. The van der Waals surface area contributed by atoms with Crippen molar-refractivity contribution in [2.75, 3.05) is 19.6 Å². The number of hydrogen-bond acceptors (Lipinski definition) is 3. The Hall–Kier alpha value is -2.43. The fourth-order valence-electron chi connectivity index (χ4n) is 3.15. The number of para-hydroxylation sites is 1. The van der Waals surface area contributed by atoms with Gasteiger partial charge in [-0.3, -0.25) is 9.69 Å². The third-order valence-electron chi connectivity index (χ3n) is 4.44. The van der Waals surface area contributed by atoms with Gasteiger partial charge in [-0.25, -0.2) is 4.98 Å². The molecule has 0 bridgehead atoms. The third-order valence-corrected chi connectivity index (χ3v) is 4.75. The summed E-state index contributed by atoms with van der Waals surface area (Å²) in [6.45, 7) is 2.84. The standard InChI is InChI=1S/C20H18ClN3O/c21-17-11-19(23-18-4-2-1-3-16(17)18)15-7-5-14(6-8-15)12-24-10-9-22-20(25)13-24/h1-8,11H,9-10,12-13H2,(H,22,25). The van der Waals surface area contributed by atoms with Crippen molar-refractivity contribution in [3.05, 3.63) is 65.2 Å². The first-order chi connectivity index (χ1) is 12.2. The van der Waals surface area contributed by atoms with Crippen LogP contribution < -0.4 is 5.32 Å². The van der Waals surface area contributed by atoms with E-state index >= 15 is 0 Å². The highest BCUT2D eigenvalue weighted by molar-refractivity contribution is 6.35. The first-order valence-corrected chi connectivity index (χ1v) is 8.70. The molecule has 126 valence electrons. The number of piperazine rings is 1. The predicted molar refractivity (Wildman–Crippen MR) is 100 cm³/mol. The highest BCUT2D eigenvalue weighted by Gasteiger charge is 2.16. The normalized spacial score (nSPS) is 15.3. The van der Waals surface area contributed by atoms with Gasteiger partial charge in [0.1, 0.15) is 0 Å². The molecule has 1 saturated heterocycles. The average molecular weight is 352 g/mol. The van der Waals surface area contributed by atoms with Gasteiger partial charge in [-0.05, 0) is 17.7 Å². The minimum Gasteiger partial charge on any atom is -0.354 e. The Morgan fingerprint density at radius 3 is 2.72 bits per heavy atom. The SMILES string of the molecule is O=C1CN(Cc2ccc(-c3cc(Cl)c4ccccc4n3)cc2)CCN1. The van der Waals surface area contributed by atoms with Crippen molar-refractivity contribution in [2.24, 2.45) is 0 Å². The molecule has 0 spiro atoms. The van der Waals surface area contributed by atoms with Crippen LogP contribution in [0.3, 0.4) is 0 Å². The maximum Gasteiger partial charge on any atom is 0.234 e. The van der Waals surface area contributed by atoms with Crippen LogP contribution in [0.4, 0.5) is 0 Å². The summed E-state index contributed by atoms with van der Waals surface area (Å²) in [7, 11) is 0. The molecule has 0 atom stereocenters. The first kappa shape index (κ1) is 16.1. The zero-order valence-electron chi connectivity index (χ0n) is 13.7. The fourth-order valence-corrected chi connectivity index (χ4v) is 3.41. The molecule has 2 aromatic carbocycles. The Kier molecular flexibility index (Phi) is 4.38. The Morgan fingerprint density at radius 1 is 1.12 bits per heavy atom. The monoisotopic (exact) mass is 351 g/mol. The molecule has 0 unspecified atom stereocenters. The molecule has 3 aromatic rings. The van der Waals surface area contributed by atoms with Crippen molar-refractivity contribution in [1.82, 2.24) is 15.2 Å². The molecular formula is C20H18ClN3O. The molecule has 25 heavy (non-hydrogen) atoms. The van der Waals surface area contributed by atoms with Gasteiger partial charge in [0, 0.05) is 30.6 Å². The van der Waals surface area contributed by atoms with Crippen molar-refractivity contribution in [3.63, 3.8) is 0 Å². The number of aromatic nitrogens is 1. The lowest BCUT2D eigenvalue weighted by Crippen LogP contribution is -2.47. The van der Waals surface area contributed by atoms with Gasteiger partial charge in [-0.1, -0.05) is 54.1 Å². The van der Waals surface area contributed by atoms with Crippen molar-refractivity contribution in [1.29, 1.82) is 0 Å². The molecule has 1 amide bonds. The summed E-state index contributed by atoms with van der Waals surface area (Å²) in [6.07, 6.45) is 0. The minimum absolute atomic E-state index is 0.0953. The van der Waals surface area contributed by atoms with Crippen LogP contribution in [0.15, 0.2) is 54.6 Å². The summed E-state index contributed by atoms with van der Waals surface area (Å²) in [5, 5.41) is 4.52. The van der Waals surface area contributed by atoms with Crippen LogP contribution in [0.2, 0.25) is 5.02 Å². The highest BCUT2D eigenvalue weighted by atomic mass is 35.5. The van der Waals surface area contributed by atoms with E-state index in [1.807, 2.05) is 30.3 Å². The molecule has 1 aliphatic heterocycles. The molecule has 0 saturated carbocycles. The van der Waals surface area contributed by atoms with E-state index < -0.39 is 0 Å². The predicted octanol–water partition coefficient (Wildman–Crippen LogP) is 3.49. The largest absolute Gasteiger partial charge is 0.354 e. The lowest BCUT2D eigenvalue weighted by atomic mass is 10.1. The van der Waals surface area contributed by atoms with Gasteiger partial charge < -0.3 is 5.32 Å². The maximum absolute atomic E-state index is 11.5. The topological polar surface area (TPSA) is 45.2 Å². The van der Waals surface area contributed by atoms with Crippen LogP contribution in [-0.4, -0.2) is 35.4 Å². The second-order valence-electron chi connectivity index (χ2n) is 6.26. The van der Waals surface area contributed by atoms with Crippen LogP contribution >= 0.6 is 11.6 Å². The summed E-state index contributed by atoms with van der Waals surface area (Å²) in [6, 6.07) is 18.1. The van der Waals surface area contributed by atoms with E-state index in [1.165, 1.54) is 5.56 Å². The van der Waals surface area contributed by atoms with Crippen molar-refractivity contribution in [3.8, 4) is 11.3 Å². The van der Waals surface area contributed by atoms with Gasteiger partial charge in [-0.15, -0.1) is 0 Å². The number of halogens is 1. The molecule has 1 aromatic heterocycles. The fraction of sp³-hybridized carbons (Fsp3) is 0.200. The molecule has 4 rings (SSSR count). The quantitative estimate of drug-likeness (QED) is 0.785. The smallest absolute Gasteiger partial charge is 0.234 e. The summed E-state index contributed by atoms with van der Waals surface area (Å²) in [5.74, 6) is 0.0953. The van der Waals surface area contributed by atoms with Crippen molar-refractivity contribution >= 4 is 28.4 Å². The second kappa shape index (κ2) is 6.82. The number of carbonyl (C=O) groups excluding carboxylic acids is 1. The van der Waals surface area contributed by atoms with Gasteiger partial charge in [0.15, 0.2) is 0 Å². The lowest BCUT2D eigenvalue weighted by Gasteiger charge is -2.26. The molecule has 1 aliphatic rings. The molecule has 1 N–H and O–H groups in total. The third kappa shape index (κ3) is 3.50. The Balaban J connectivity index is 1.57. The minimum atomic E-state index is 0.0953. The molecular weight excluding hydrogens is 334 g/mol. The van der Waals surface area contributed by atoms with Crippen LogP contribution in [0.25, 0.3) is 22.2 Å². The Labute approximate surface area is 151 Å². The van der Waals surface area contributed by atoms with Crippen LogP contribution in [0.1, 0.15) is 5.56 Å². The molecule has 5 heteroatoms. The van der Waals surface area contributed by atoms with E-state index in [0.29, 0.717) is 11.6 Å². The zero-order valence-corrected chi connectivity index (χ0v) is 14.5. The number of fused-ring (bicyclic) bond motifs is 1. The molecule has 4 nitrogen and oxygen atoms in total. The number of carbonyl (C=O) groups is 1. The van der Waals surface area contributed by atoms with Crippen molar-refractivity contribution < 1.29 is 4.79 Å². The maximum atomic E-state index is 11.5. The van der Waals surface area contributed by atoms with E-state index in [4.69, 9.17) is 16.6 Å². The lowest BCUT2D eigenvalue weighted by molar-refractivity contribution is -0.124. The summed E-state index contributed by atoms with van der Waals surface area (Å²) in [5.41, 5.74) is 3.99. The molecule has 2 heterocycles. The van der Waals surface area contributed by atoms with E-state index in [2.05, 4.69) is 34.5 Å².